The molecular formula is C21H19BrN2O4S. The van der Waals surface area contributed by atoms with Crippen molar-refractivity contribution in [3.63, 3.8) is 0 Å². The lowest BCUT2D eigenvalue weighted by molar-refractivity contribution is 0.0600. The van der Waals surface area contributed by atoms with Crippen molar-refractivity contribution < 1.29 is 19.1 Å². The summed E-state index contributed by atoms with van der Waals surface area (Å²) >= 11 is 4.95. The Morgan fingerprint density at radius 2 is 2.00 bits per heavy atom. The molecule has 0 bridgehead atoms. The molecule has 0 N–H and O–H groups in total. The molecule has 6 nitrogen and oxygen atoms in total. The minimum absolute atomic E-state index is 0.00737. The number of thiazole rings is 1. The van der Waals surface area contributed by atoms with Gasteiger partial charge in [0.05, 0.1) is 35.5 Å². The lowest BCUT2D eigenvalue weighted by Gasteiger charge is -2.23. The Kier molecular flexibility index (Phi) is 5.94. The molecule has 4 rings (SSSR count). The van der Waals surface area contributed by atoms with Crippen LogP contribution in [0, 0.1) is 0 Å². The number of amides is 1. The van der Waals surface area contributed by atoms with Gasteiger partial charge in [-0.15, -0.1) is 0 Å². The molecule has 2 aromatic carbocycles. The highest BCUT2D eigenvalue weighted by atomic mass is 79.9. The second kappa shape index (κ2) is 8.61. The van der Waals surface area contributed by atoms with E-state index in [9.17, 15) is 9.59 Å². The number of carbonyl (C=O) groups excluding carboxylic acids is 2. The number of rotatable bonds is 5. The molecule has 0 saturated carbocycles. The van der Waals surface area contributed by atoms with Crippen molar-refractivity contribution in [1.29, 1.82) is 0 Å². The number of halogens is 1. The summed E-state index contributed by atoms with van der Waals surface area (Å²) < 4.78 is 12.5. The van der Waals surface area contributed by atoms with E-state index in [1.165, 1.54) is 18.4 Å². The van der Waals surface area contributed by atoms with Crippen molar-refractivity contribution in [2.75, 3.05) is 25.2 Å². The molecule has 150 valence electrons. The van der Waals surface area contributed by atoms with Crippen LogP contribution in [-0.4, -0.2) is 43.2 Å². The average Bonchev–Trinajstić information content (AvgIpc) is 3.40. The van der Waals surface area contributed by atoms with E-state index in [0.29, 0.717) is 29.4 Å². The maximum Gasteiger partial charge on any atom is 0.337 e. The van der Waals surface area contributed by atoms with Crippen LogP contribution < -0.4 is 4.90 Å². The highest BCUT2D eigenvalue weighted by molar-refractivity contribution is 9.10. The highest BCUT2D eigenvalue weighted by Gasteiger charge is 2.27. The number of hydrogen-bond acceptors (Lipinski definition) is 6. The summed E-state index contributed by atoms with van der Waals surface area (Å²) in [4.78, 5) is 31.4. The zero-order chi connectivity index (χ0) is 20.4. The van der Waals surface area contributed by atoms with Crippen LogP contribution in [0.25, 0.3) is 10.2 Å². The van der Waals surface area contributed by atoms with Gasteiger partial charge < -0.3 is 9.47 Å². The molecule has 3 aromatic rings. The lowest BCUT2D eigenvalue weighted by Crippen LogP contribution is -2.37. The highest BCUT2D eigenvalue weighted by Crippen LogP contribution is 2.32. The molecule has 1 unspecified atom stereocenters. The van der Waals surface area contributed by atoms with Gasteiger partial charge in [0, 0.05) is 16.6 Å². The fraction of sp³-hybridized carbons (Fsp3) is 0.286. The molecule has 1 aliphatic heterocycles. The molecule has 1 saturated heterocycles. The van der Waals surface area contributed by atoms with Gasteiger partial charge in [-0.1, -0.05) is 27.3 Å². The number of fused-ring (bicyclic) bond motifs is 1. The van der Waals surface area contributed by atoms with Gasteiger partial charge in [0.25, 0.3) is 5.91 Å². The van der Waals surface area contributed by atoms with Gasteiger partial charge in [-0.3, -0.25) is 9.69 Å². The van der Waals surface area contributed by atoms with Gasteiger partial charge in [0.2, 0.25) is 0 Å². The van der Waals surface area contributed by atoms with Crippen LogP contribution in [0.1, 0.15) is 33.6 Å². The van der Waals surface area contributed by atoms with E-state index in [1.807, 2.05) is 18.2 Å². The molecule has 29 heavy (non-hydrogen) atoms. The Morgan fingerprint density at radius 3 is 2.69 bits per heavy atom. The Morgan fingerprint density at radius 1 is 1.24 bits per heavy atom. The van der Waals surface area contributed by atoms with Crippen molar-refractivity contribution in [3.05, 3.63) is 58.1 Å². The minimum atomic E-state index is -0.433. The summed E-state index contributed by atoms with van der Waals surface area (Å²) in [5.41, 5.74) is 1.73. The largest absolute Gasteiger partial charge is 0.465 e. The number of ether oxygens (including phenoxy) is 2. The molecule has 1 amide bonds. The standard InChI is InChI=1S/C21H19BrN2O4S/c1-27-20(26)14-6-4-13(5-7-14)19(25)24(12-16-3-2-10-28-16)21-23-17-9-8-15(22)11-18(17)29-21/h4-9,11,16H,2-3,10,12H2,1H3. The predicted molar refractivity (Wildman–Crippen MR) is 116 cm³/mol. The maximum atomic E-state index is 13.3. The van der Waals surface area contributed by atoms with Crippen molar-refractivity contribution in [3.8, 4) is 0 Å². The first-order valence-corrected chi connectivity index (χ1v) is 10.8. The zero-order valence-corrected chi connectivity index (χ0v) is 18.2. The van der Waals surface area contributed by atoms with E-state index in [1.54, 1.807) is 29.2 Å². The molecule has 0 aliphatic carbocycles. The van der Waals surface area contributed by atoms with E-state index in [2.05, 4.69) is 20.9 Å². The maximum absolute atomic E-state index is 13.3. The summed E-state index contributed by atoms with van der Waals surface area (Å²) in [5.74, 6) is -0.605. The van der Waals surface area contributed by atoms with Crippen molar-refractivity contribution in [2.24, 2.45) is 0 Å². The number of methoxy groups -OCH3 is 1. The van der Waals surface area contributed by atoms with E-state index >= 15 is 0 Å². The number of carbonyl (C=O) groups is 2. The van der Waals surface area contributed by atoms with Gasteiger partial charge in [-0.05, 0) is 55.3 Å². The topological polar surface area (TPSA) is 68.7 Å². The SMILES string of the molecule is COC(=O)c1ccc(C(=O)N(CC2CCCO2)c2nc3ccc(Br)cc3s2)cc1. The van der Waals surface area contributed by atoms with Crippen LogP contribution in [0.15, 0.2) is 46.9 Å². The van der Waals surface area contributed by atoms with Crippen LogP contribution in [0.4, 0.5) is 5.13 Å². The summed E-state index contributed by atoms with van der Waals surface area (Å²) in [5, 5.41) is 0.635. The number of anilines is 1. The van der Waals surface area contributed by atoms with Crippen molar-refractivity contribution in [1.82, 2.24) is 4.98 Å². The molecule has 8 heteroatoms. The summed E-state index contributed by atoms with van der Waals surface area (Å²) in [7, 11) is 1.33. The molecule has 0 spiro atoms. The van der Waals surface area contributed by atoms with Crippen LogP contribution in [0.3, 0.4) is 0 Å². The quantitative estimate of drug-likeness (QED) is 0.502. The second-order valence-electron chi connectivity index (χ2n) is 6.73. The van der Waals surface area contributed by atoms with Crippen LogP contribution in [-0.2, 0) is 9.47 Å². The monoisotopic (exact) mass is 474 g/mol. The van der Waals surface area contributed by atoms with Crippen molar-refractivity contribution in [2.45, 2.75) is 18.9 Å². The normalized spacial score (nSPS) is 16.1. The molecular weight excluding hydrogens is 456 g/mol. The molecule has 1 fully saturated rings. The first-order valence-electron chi connectivity index (χ1n) is 9.23. The Hall–Kier alpha value is -2.29. The Balaban J connectivity index is 1.67. The number of nitrogens with zero attached hydrogens (tertiary/aromatic N) is 2. The summed E-state index contributed by atoms with van der Waals surface area (Å²) in [6.07, 6.45) is 1.90. The van der Waals surface area contributed by atoms with E-state index < -0.39 is 5.97 Å². The molecule has 1 aliphatic rings. The van der Waals surface area contributed by atoms with E-state index in [-0.39, 0.29) is 12.0 Å². The summed E-state index contributed by atoms with van der Waals surface area (Å²) in [6, 6.07) is 12.3. The lowest BCUT2D eigenvalue weighted by atomic mass is 10.1. The van der Waals surface area contributed by atoms with Gasteiger partial charge in [0.15, 0.2) is 5.13 Å². The van der Waals surface area contributed by atoms with E-state index in [0.717, 1.165) is 27.5 Å². The van der Waals surface area contributed by atoms with Gasteiger partial charge in [-0.2, -0.15) is 0 Å². The van der Waals surface area contributed by atoms with Gasteiger partial charge >= 0.3 is 5.97 Å². The molecule has 1 aromatic heterocycles. The number of esters is 1. The summed E-state index contributed by atoms with van der Waals surface area (Å²) in [6.45, 7) is 1.16. The fourth-order valence-electron chi connectivity index (χ4n) is 3.26. The first kappa shape index (κ1) is 20.0. The van der Waals surface area contributed by atoms with Crippen LogP contribution in [0.2, 0.25) is 0 Å². The smallest absolute Gasteiger partial charge is 0.337 e. The molecule has 0 radical (unpaired) electrons. The Labute approximate surface area is 180 Å². The number of hydrogen-bond donors (Lipinski definition) is 0. The third-order valence-corrected chi connectivity index (χ3v) is 6.31. The third kappa shape index (κ3) is 4.34. The molecule has 1 atom stereocenters. The zero-order valence-electron chi connectivity index (χ0n) is 15.8. The van der Waals surface area contributed by atoms with Crippen LogP contribution in [0.5, 0.6) is 0 Å². The van der Waals surface area contributed by atoms with Crippen LogP contribution >= 0.6 is 27.3 Å². The van der Waals surface area contributed by atoms with Crippen molar-refractivity contribution >= 4 is 54.5 Å². The third-order valence-electron chi connectivity index (χ3n) is 4.78. The average molecular weight is 475 g/mol. The minimum Gasteiger partial charge on any atom is -0.465 e. The Bertz CT molecular complexity index is 1040. The fourth-order valence-corrected chi connectivity index (χ4v) is 4.79. The number of aromatic nitrogens is 1. The molecule has 2 heterocycles. The van der Waals surface area contributed by atoms with Gasteiger partial charge in [0.1, 0.15) is 0 Å². The first-order chi connectivity index (χ1) is 14.0. The van der Waals surface area contributed by atoms with Gasteiger partial charge in [-0.25, -0.2) is 9.78 Å². The van der Waals surface area contributed by atoms with E-state index in [4.69, 9.17) is 9.47 Å². The second-order valence-corrected chi connectivity index (χ2v) is 8.65. The predicted octanol–water partition coefficient (Wildman–Crippen LogP) is 4.67. The number of benzene rings is 2.